The van der Waals surface area contributed by atoms with Gasteiger partial charge in [0.05, 0.1) is 19.5 Å². The van der Waals surface area contributed by atoms with Crippen LogP contribution in [-0.2, 0) is 19.1 Å². The van der Waals surface area contributed by atoms with Crippen molar-refractivity contribution in [2.75, 3.05) is 19.5 Å². The highest BCUT2D eigenvalue weighted by molar-refractivity contribution is 8.00. The number of esters is 1. The molecule has 1 unspecified atom stereocenters. The number of amides is 1. The van der Waals surface area contributed by atoms with Crippen LogP contribution in [-0.4, -0.2) is 42.7 Å². The Morgan fingerprint density at radius 1 is 1.69 bits per heavy atom. The van der Waals surface area contributed by atoms with Crippen LogP contribution in [0.5, 0.6) is 0 Å². The number of methoxy groups -OCH3 is 1. The first-order valence-electron chi connectivity index (χ1n) is 4.83. The summed E-state index contributed by atoms with van der Waals surface area (Å²) in [7, 11) is 1.46. The third-order valence-corrected chi connectivity index (χ3v) is 2.70. The van der Waals surface area contributed by atoms with Crippen molar-refractivity contribution >= 4 is 29.5 Å². The van der Waals surface area contributed by atoms with Crippen LogP contribution in [0.25, 0.3) is 0 Å². The molecule has 0 aromatic carbocycles. The zero-order chi connectivity index (χ0) is 12.0. The molecular weight excluding hydrogens is 232 g/mol. The van der Waals surface area contributed by atoms with Gasteiger partial charge in [0.1, 0.15) is 6.42 Å². The highest BCUT2D eigenvalue weighted by Crippen LogP contribution is 2.14. The van der Waals surface area contributed by atoms with Crippen LogP contribution in [0.4, 0.5) is 0 Å². The standard InChI is InChI=1S/C9H14N2O4S/c1-3-15-8(13)5-16-9-10-6(12)4-7(11-9)14-2/h9H,3-5H2,1-2H3,(H,10,12). The average molecular weight is 246 g/mol. The molecule has 1 aliphatic heterocycles. The Hall–Kier alpha value is -1.24. The van der Waals surface area contributed by atoms with Crippen molar-refractivity contribution in [3.63, 3.8) is 0 Å². The third kappa shape index (κ3) is 4.09. The summed E-state index contributed by atoms with van der Waals surface area (Å²) < 4.78 is 9.67. The lowest BCUT2D eigenvalue weighted by Gasteiger charge is -2.19. The minimum Gasteiger partial charge on any atom is -0.484 e. The summed E-state index contributed by atoms with van der Waals surface area (Å²) in [6, 6.07) is 0. The summed E-state index contributed by atoms with van der Waals surface area (Å²) in [4.78, 5) is 26.4. The number of hydrogen-bond donors (Lipinski definition) is 1. The minimum absolute atomic E-state index is 0.146. The van der Waals surface area contributed by atoms with E-state index in [0.717, 1.165) is 0 Å². The van der Waals surface area contributed by atoms with Gasteiger partial charge in [-0.15, -0.1) is 11.8 Å². The van der Waals surface area contributed by atoms with Crippen molar-refractivity contribution in [1.29, 1.82) is 0 Å². The first kappa shape index (κ1) is 12.8. The lowest BCUT2D eigenvalue weighted by molar-refractivity contribution is -0.139. The van der Waals surface area contributed by atoms with Crippen molar-refractivity contribution in [3.05, 3.63) is 0 Å². The molecule has 16 heavy (non-hydrogen) atoms. The van der Waals surface area contributed by atoms with Gasteiger partial charge < -0.3 is 14.8 Å². The van der Waals surface area contributed by atoms with E-state index in [-0.39, 0.29) is 24.1 Å². The van der Waals surface area contributed by atoms with Crippen LogP contribution in [0.15, 0.2) is 4.99 Å². The number of carbonyl (C=O) groups is 2. The number of aliphatic imine (C=N–C) groups is 1. The molecule has 1 rings (SSSR count). The van der Waals surface area contributed by atoms with Gasteiger partial charge in [-0.05, 0) is 6.92 Å². The molecule has 0 fully saturated rings. The molecule has 1 heterocycles. The second-order valence-electron chi connectivity index (χ2n) is 2.94. The van der Waals surface area contributed by atoms with Gasteiger partial charge in [-0.25, -0.2) is 4.99 Å². The van der Waals surface area contributed by atoms with Crippen LogP contribution < -0.4 is 5.32 Å². The summed E-state index contributed by atoms with van der Waals surface area (Å²) in [6.45, 7) is 2.09. The van der Waals surface area contributed by atoms with Gasteiger partial charge in [-0.1, -0.05) is 0 Å². The lowest BCUT2D eigenvalue weighted by atomic mass is 10.4. The monoisotopic (exact) mass is 246 g/mol. The van der Waals surface area contributed by atoms with Gasteiger partial charge in [-0.2, -0.15) is 0 Å². The van der Waals surface area contributed by atoms with E-state index >= 15 is 0 Å². The highest BCUT2D eigenvalue weighted by Gasteiger charge is 2.21. The van der Waals surface area contributed by atoms with E-state index in [1.54, 1.807) is 6.92 Å². The molecule has 1 amide bonds. The fraction of sp³-hybridized carbons (Fsp3) is 0.667. The SMILES string of the molecule is CCOC(=O)CSC1N=C(OC)CC(=O)N1. The molecule has 0 aliphatic carbocycles. The van der Waals surface area contributed by atoms with Gasteiger partial charge >= 0.3 is 5.97 Å². The summed E-state index contributed by atoms with van der Waals surface area (Å²) in [5.74, 6) is 0.0547. The number of nitrogens with zero attached hydrogens (tertiary/aromatic N) is 1. The second kappa shape index (κ2) is 6.37. The average Bonchev–Trinajstić information content (AvgIpc) is 2.26. The van der Waals surface area contributed by atoms with Crippen molar-refractivity contribution in [1.82, 2.24) is 5.32 Å². The Kier molecular flexibility index (Phi) is 5.10. The molecule has 1 N–H and O–H groups in total. The normalized spacial score (nSPS) is 19.8. The molecular formula is C9H14N2O4S. The van der Waals surface area contributed by atoms with E-state index in [4.69, 9.17) is 9.47 Å². The van der Waals surface area contributed by atoms with Gasteiger partial charge in [-0.3, -0.25) is 9.59 Å². The highest BCUT2D eigenvalue weighted by atomic mass is 32.2. The predicted molar refractivity (Wildman–Crippen MR) is 60.1 cm³/mol. The molecule has 7 heteroatoms. The minimum atomic E-state index is -0.472. The first-order chi connectivity index (χ1) is 7.65. The quantitative estimate of drug-likeness (QED) is 0.713. The summed E-state index contributed by atoms with van der Waals surface area (Å²) in [5.41, 5.74) is -0.472. The summed E-state index contributed by atoms with van der Waals surface area (Å²) in [6.07, 6.45) is 0.146. The molecule has 1 aliphatic rings. The number of rotatable bonds is 4. The Morgan fingerprint density at radius 3 is 3.06 bits per heavy atom. The fourth-order valence-electron chi connectivity index (χ4n) is 1.09. The van der Waals surface area contributed by atoms with Crippen molar-refractivity contribution in [2.45, 2.75) is 18.8 Å². The largest absolute Gasteiger partial charge is 0.484 e. The Balaban J connectivity index is 2.41. The molecule has 0 bridgehead atoms. The van der Waals surface area contributed by atoms with E-state index in [1.807, 2.05) is 0 Å². The van der Waals surface area contributed by atoms with Crippen LogP contribution in [0.1, 0.15) is 13.3 Å². The van der Waals surface area contributed by atoms with Gasteiger partial charge in [0, 0.05) is 0 Å². The van der Waals surface area contributed by atoms with Crippen LogP contribution in [0.2, 0.25) is 0 Å². The molecule has 0 spiro atoms. The smallest absolute Gasteiger partial charge is 0.316 e. The molecule has 0 aromatic heterocycles. The summed E-state index contributed by atoms with van der Waals surface area (Å²) in [5, 5.41) is 2.63. The van der Waals surface area contributed by atoms with E-state index in [9.17, 15) is 9.59 Å². The maximum absolute atomic E-state index is 11.2. The molecule has 6 nitrogen and oxygen atoms in total. The van der Waals surface area contributed by atoms with Crippen LogP contribution in [0, 0.1) is 0 Å². The number of carbonyl (C=O) groups excluding carboxylic acids is 2. The lowest BCUT2D eigenvalue weighted by Crippen LogP contribution is -2.38. The molecule has 90 valence electrons. The number of thioether (sulfide) groups is 1. The van der Waals surface area contributed by atoms with Gasteiger partial charge in [0.2, 0.25) is 5.91 Å². The predicted octanol–water partition coefficient (Wildman–Crippen LogP) is 0.131. The molecule has 1 atom stereocenters. The topological polar surface area (TPSA) is 77.0 Å². The van der Waals surface area contributed by atoms with Crippen LogP contribution in [0.3, 0.4) is 0 Å². The van der Waals surface area contributed by atoms with Crippen molar-refractivity contribution in [3.8, 4) is 0 Å². The van der Waals surface area contributed by atoms with Crippen molar-refractivity contribution in [2.24, 2.45) is 4.99 Å². The molecule has 0 radical (unpaired) electrons. The van der Waals surface area contributed by atoms with Gasteiger partial charge in [0.25, 0.3) is 0 Å². The Labute approximate surface area is 97.8 Å². The van der Waals surface area contributed by atoms with E-state index in [2.05, 4.69) is 10.3 Å². The molecule has 0 aromatic rings. The second-order valence-corrected chi connectivity index (χ2v) is 4.01. The number of nitrogens with one attached hydrogen (secondary N) is 1. The van der Waals surface area contributed by atoms with Crippen molar-refractivity contribution < 1.29 is 19.1 Å². The first-order valence-corrected chi connectivity index (χ1v) is 5.87. The Bertz CT molecular complexity index is 306. The zero-order valence-electron chi connectivity index (χ0n) is 9.19. The third-order valence-electron chi connectivity index (χ3n) is 1.76. The fourth-order valence-corrected chi connectivity index (χ4v) is 1.87. The molecule has 0 saturated carbocycles. The maximum atomic E-state index is 11.2. The number of hydrogen-bond acceptors (Lipinski definition) is 6. The Morgan fingerprint density at radius 2 is 2.44 bits per heavy atom. The van der Waals surface area contributed by atoms with Gasteiger partial charge in [0.15, 0.2) is 11.4 Å². The van der Waals surface area contributed by atoms with Crippen LogP contribution >= 0.6 is 11.8 Å². The summed E-state index contributed by atoms with van der Waals surface area (Å²) >= 11 is 1.19. The zero-order valence-corrected chi connectivity index (χ0v) is 10.0. The molecule has 0 saturated heterocycles. The van der Waals surface area contributed by atoms with E-state index < -0.39 is 5.50 Å². The number of ether oxygens (including phenoxy) is 2. The van der Waals surface area contributed by atoms with E-state index in [1.165, 1.54) is 18.9 Å². The maximum Gasteiger partial charge on any atom is 0.316 e. The van der Waals surface area contributed by atoms with E-state index in [0.29, 0.717) is 12.5 Å².